The van der Waals surface area contributed by atoms with Crippen LogP contribution in [-0.2, 0) is 25.3 Å². The third kappa shape index (κ3) is 3.18. The minimum atomic E-state index is -4.07. The van der Waals surface area contributed by atoms with Crippen molar-refractivity contribution in [3.05, 3.63) is 53.1 Å². The third-order valence-corrected chi connectivity index (χ3v) is 10.3. The number of fused-ring (bicyclic) bond motifs is 4. The van der Waals surface area contributed by atoms with Gasteiger partial charge in [-0.3, -0.25) is 0 Å². The molecule has 3 aliphatic rings. The van der Waals surface area contributed by atoms with Gasteiger partial charge in [-0.2, -0.15) is 0 Å². The summed E-state index contributed by atoms with van der Waals surface area (Å²) in [5.41, 5.74) is 1.94. The van der Waals surface area contributed by atoms with Gasteiger partial charge in [0.05, 0.1) is 14.7 Å². The molecule has 0 unspecified atom stereocenters. The number of nitrogens with zero attached hydrogens (tertiary/aromatic N) is 1. The van der Waals surface area contributed by atoms with Crippen LogP contribution in [0.25, 0.3) is 0 Å². The maximum absolute atomic E-state index is 13.6. The van der Waals surface area contributed by atoms with Crippen molar-refractivity contribution in [2.45, 2.75) is 64.5 Å². The summed E-state index contributed by atoms with van der Waals surface area (Å²) in [6, 6.07) is 10.5. The van der Waals surface area contributed by atoms with Crippen LogP contribution in [0.15, 0.2) is 51.1 Å². The Morgan fingerprint density at radius 1 is 1.00 bits per heavy atom. The predicted molar refractivity (Wildman–Crippen MR) is 118 cm³/mol. The van der Waals surface area contributed by atoms with Crippen molar-refractivity contribution < 1.29 is 16.8 Å². The maximum atomic E-state index is 13.6. The summed E-state index contributed by atoms with van der Waals surface area (Å²) in [6.07, 6.45) is 5.44. The van der Waals surface area contributed by atoms with Gasteiger partial charge in [0.2, 0.25) is 19.9 Å². The second kappa shape index (κ2) is 7.13. The minimum Gasteiger partial charge on any atom is -0.306 e. The van der Waals surface area contributed by atoms with E-state index < -0.39 is 19.9 Å². The summed E-state index contributed by atoms with van der Waals surface area (Å²) in [7, 11) is -5.85. The van der Waals surface area contributed by atoms with Gasteiger partial charge in [0.1, 0.15) is 0 Å². The van der Waals surface area contributed by atoms with E-state index in [9.17, 15) is 16.8 Å². The molecule has 1 spiro atoms. The summed E-state index contributed by atoms with van der Waals surface area (Å²) in [5.74, 6) is 0.0492. The molecule has 6 nitrogen and oxygen atoms in total. The van der Waals surface area contributed by atoms with Crippen molar-refractivity contribution >= 4 is 19.9 Å². The number of hydrogen-bond acceptors (Lipinski definition) is 5. The Morgan fingerprint density at radius 3 is 2.29 bits per heavy atom. The number of likely N-dealkylation sites (tertiary alicyclic amines) is 1. The van der Waals surface area contributed by atoms with E-state index in [-0.39, 0.29) is 21.1 Å². The van der Waals surface area contributed by atoms with Gasteiger partial charge in [0.15, 0.2) is 0 Å². The summed E-state index contributed by atoms with van der Waals surface area (Å²) in [4.78, 5) is 2.62. The second-order valence-corrected chi connectivity index (χ2v) is 12.7. The monoisotopic (exact) mass is 460 g/mol. The highest BCUT2D eigenvalue weighted by Gasteiger charge is 2.48. The summed E-state index contributed by atoms with van der Waals surface area (Å²) >= 11 is 0. The van der Waals surface area contributed by atoms with E-state index in [1.54, 1.807) is 12.1 Å². The largest absolute Gasteiger partial charge is 0.306 e. The predicted octanol–water partition coefficient (Wildman–Crippen LogP) is 3.15. The Kier molecular flexibility index (Phi) is 4.86. The van der Waals surface area contributed by atoms with Gasteiger partial charge in [-0.25, -0.2) is 22.0 Å². The summed E-state index contributed by atoms with van der Waals surface area (Å²) < 4.78 is 52.4. The average molecular weight is 461 g/mol. The molecule has 0 bridgehead atoms. The molecule has 8 heteroatoms. The maximum Gasteiger partial charge on any atom is 0.238 e. The van der Waals surface area contributed by atoms with E-state index >= 15 is 0 Å². The molecule has 1 aliphatic carbocycles. The van der Waals surface area contributed by atoms with Crippen molar-refractivity contribution in [2.75, 3.05) is 20.1 Å². The number of piperidine rings is 1. The molecule has 2 N–H and O–H groups in total. The molecule has 2 aromatic rings. The normalized spacial score (nSPS) is 22.9. The topological polar surface area (TPSA) is 97.5 Å². The number of benzene rings is 2. The number of sulfone groups is 1. The third-order valence-electron chi connectivity index (χ3n) is 7.53. The fourth-order valence-corrected chi connectivity index (χ4v) is 8.71. The van der Waals surface area contributed by atoms with Crippen molar-refractivity contribution in [3.63, 3.8) is 0 Å². The molecule has 0 radical (unpaired) electrons. The van der Waals surface area contributed by atoms with Crippen LogP contribution >= 0.6 is 0 Å². The van der Waals surface area contributed by atoms with E-state index in [0.717, 1.165) is 62.7 Å². The molecule has 0 amide bonds. The van der Waals surface area contributed by atoms with Crippen LogP contribution in [0.3, 0.4) is 0 Å². The highest BCUT2D eigenvalue weighted by Crippen LogP contribution is 2.55. The molecule has 2 heterocycles. The first-order valence-electron chi connectivity index (χ1n) is 10.9. The average Bonchev–Trinajstić information content (AvgIpc) is 3.23. The van der Waals surface area contributed by atoms with Gasteiger partial charge in [0.25, 0.3) is 0 Å². The molecule has 1 saturated carbocycles. The lowest BCUT2D eigenvalue weighted by atomic mass is 9.71. The summed E-state index contributed by atoms with van der Waals surface area (Å²) in [6.45, 7) is 1.75. The van der Waals surface area contributed by atoms with Crippen molar-refractivity contribution in [1.82, 2.24) is 4.90 Å². The molecule has 1 saturated heterocycles. The zero-order chi connectivity index (χ0) is 22.0. The Labute approximate surface area is 184 Å². The number of hydrogen-bond donors (Lipinski definition) is 1. The van der Waals surface area contributed by atoms with E-state index in [2.05, 4.69) is 11.9 Å². The van der Waals surface area contributed by atoms with Crippen LogP contribution in [0.2, 0.25) is 0 Å². The van der Waals surface area contributed by atoms with Gasteiger partial charge in [-0.05, 0) is 80.6 Å². The zero-order valence-corrected chi connectivity index (χ0v) is 19.3. The molecular formula is C23H28N2O4S2. The molecule has 0 atom stereocenters. The number of primary sulfonamides is 1. The number of rotatable bonds is 2. The fourth-order valence-electron chi connectivity index (χ4n) is 5.94. The lowest BCUT2D eigenvalue weighted by Gasteiger charge is -2.39. The lowest BCUT2D eigenvalue weighted by molar-refractivity contribution is 0.254. The smallest absolute Gasteiger partial charge is 0.238 e. The first-order valence-corrected chi connectivity index (χ1v) is 13.9. The van der Waals surface area contributed by atoms with E-state index in [0.29, 0.717) is 10.5 Å². The molecule has 2 fully saturated rings. The van der Waals surface area contributed by atoms with Gasteiger partial charge in [-0.15, -0.1) is 0 Å². The van der Waals surface area contributed by atoms with E-state index in [1.807, 2.05) is 18.2 Å². The number of nitrogens with two attached hydrogens (primary N) is 1. The van der Waals surface area contributed by atoms with Gasteiger partial charge < -0.3 is 4.90 Å². The Balaban J connectivity index is 1.82. The Hall–Kier alpha value is -1.74. The van der Waals surface area contributed by atoms with Crippen LogP contribution in [0.4, 0.5) is 0 Å². The van der Waals surface area contributed by atoms with Crippen LogP contribution < -0.4 is 5.14 Å². The highest BCUT2D eigenvalue weighted by atomic mass is 32.2. The van der Waals surface area contributed by atoms with Crippen LogP contribution in [-0.4, -0.2) is 41.9 Å². The van der Waals surface area contributed by atoms with Gasteiger partial charge in [-0.1, -0.05) is 37.1 Å². The Bertz CT molecular complexity index is 1250. The molecule has 166 valence electrons. The van der Waals surface area contributed by atoms with Gasteiger partial charge >= 0.3 is 0 Å². The standard InChI is InChI=1S/C23H28N2O4S2/c1-25-12-8-16(9-13-25)17-14-19-22(15-21(17)31(24,28)29)30(26,27)20-7-3-2-6-18(20)23(19)10-4-5-11-23/h2-3,6-7,14-16H,4-5,8-13H2,1H3,(H2,24,28,29). The van der Waals surface area contributed by atoms with Crippen LogP contribution in [0.1, 0.15) is 61.1 Å². The number of sulfonamides is 1. The minimum absolute atomic E-state index is 0.0306. The highest BCUT2D eigenvalue weighted by molar-refractivity contribution is 7.92. The van der Waals surface area contributed by atoms with Gasteiger partial charge in [0, 0.05) is 5.41 Å². The van der Waals surface area contributed by atoms with Crippen molar-refractivity contribution in [1.29, 1.82) is 0 Å². The molecular weight excluding hydrogens is 432 g/mol. The van der Waals surface area contributed by atoms with Crippen molar-refractivity contribution in [3.8, 4) is 0 Å². The Morgan fingerprint density at radius 2 is 1.65 bits per heavy atom. The molecule has 31 heavy (non-hydrogen) atoms. The molecule has 0 aromatic heterocycles. The van der Waals surface area contributed by atoms with Crippen molar-refractivity contribution in [2.24, 2.45) is 5.14 Å². The SMILES string of the molecule is CN1CCC(c2cc3c(cc2S(N)(=O)=O)S(=O)(=O)c2ccccc2C32CCCC2)CC1. The fraction of sp³-hybridized carbons (Fsp3) is 0.478. The summed E-state index contributed by atoms with van der Waals surface area (Å²) in [5, 5.41) is 5.62. The van der Waals surface area contributed by atoms with E-state index in [1.165, 1.54) is 6.07 Å². The van der Waals surface area contributed by atoms with Crippen LogP contribution in [0, 0.1) is 0 Å². The molecule has 2 aliphatic heterocycles. The zero-order valence-electron chi connectivity index (χ0n) is 17.7. The molecule has 5 rings (SSSR count). The van der Waals surface area contributed by atoms with Crippen LogP contribution in [0.5, 0.6) is 0 Å². The first-order chi connectivity index (χ1) is 14.6. The second-order valence-electron chi connectivity index (χ2n) is 9.30. The quantitative estimate of drug-likeness (QED) is 0.742. The van der Waals surface area contributed by atoms with E-state index in [4.69, 9.17) is 5.14 Å². The lowest BCUT2D eigenvalue weighted by Crippen LogP contribution is -2.34. The molecule has 2 aromatic carbocycles. The first kappa shape index (κ1) is 21.1.